The van der Waals surface area contributed by atoms with E-state index in [1.807, 2.05) is 48.5 Å². The fourth-order valence-electron chi connectivity index (χ4n) is 5.94. The monoisotopic (exact) mass is 615 g/mol. The average Bonchev–Trinajstić information content (AvgIpc) is 3.81. The van der Waals surface area contributed by atoms with Crippen LogP contribution in [-0.2, 0) is 32.0 Å². The summed E-state index contributed by atoms with van der Waals surface area (Å²) in [6, 6.07) is 11.5. The smallest absolute Gasteiger partial charge is 0.326 e. The Morgan fingerprint density at radius 1 is 0.800 bits per heavy atom. The van der Waals surface area contributed by atoms with Gasteiger partial charge >= 0.3 is 5.97 Å². The van der Waals surface area contributed by atoms with Crippen molar-refractivity contribution in [2.45, 2.75) is 69.1 Å². The maximum absolute atomic E-state index is 13.8. The van der Waals surface area contributed by atoms with E-state index in [1.54, 1.807) is 12.4 Å². The van der Waals surface area contributed by atoms with Crippen LogP contribution in [0.5, 0.6) is 0 Å². The number of hydrogen-bond acceptors (Lipinski definition) is 6. The number of H-pyrrole nitrogens is 2. The minimum absolute atomic E-state index is 0.0466. The van der Waals surface area contributed by atoms with E-state index in [0.717, 1.165) is 45.9 Å². The molecule has 0 saturated carbocycles. The number of carboxylic acids is 1. The van der Waals surface area contributed by atoms with Crippen molar-refractivity contribution in [3.8, 4) is 0 Å². The lowest BCUT2D eigenvalue weighted by Gasteiger charge is -2.25. The Kier molecular flexibility index (Phi) is 10.5. The molecule has 1 saturated heterocycles. The molecule has 0 spiro atoms. The number of carbonyl (C=O) groups is 4. The molecule has 3 heterocycles. The molecule has 0 aliphatic carbocycles. The van der Waals surface area contributed by atoms with Gasteiger partial charge in [0.15, 0.2) is 0 Å². The summed E-state index contributed by atoms with van der Waals surface area (Å²) < 4.78 is 0. The second-order valence-corrected chi connectivity index (χ2v) is 11.6. The van der Waals surface area contributed by atoms with Crippen molar-refractivity contribution in [3.05, 3.63) is 72.1 Å². The molecule has 0 radical (unpaired) electrons. The van der Waals surface area contributed by atoms with Crippen LogP contribution in [0.15, 0.2) is 60.9 Å². The molecule has 0 bridgehead atoms. The van der Waals surface area contributed by atoms with Gasteiger partial charge in [0.25, 0.3) is 0 Å². The number of nitrogens with one attached hydrogen (secondary N) is 6. The minimum atomic E-state index is -1.24. The predicted molar refractivity (Wildman–Crippen MR) is 171 cm³/mol. The van der Waals surface area contributed by atoms with Crippen molar-refractivity contribution in [3.63, 3.8) is 0 Å². The fraction of sp³-hybridized carbons (Fsp3) is 0.394. The van der Waals surface area contributed by atoms with Crippen molar-refractivity contribution < 1.29 is 24.3 Å². The van der Waals surface area contributed by atoms with E-state index in [4.69, 9.17) is 5.73 Å². The number of aromatic nitrogens is 2. The highest BCUT2D eigenvalue weighted by atomic mass is 16.4. The summed E-state index contributed by atoms with van der Waals surface area (Å²) in [6.45, 7) is 1.18. The number of amides is 3. The largest absolute Gasteiger partial charge is 0.480 e. The van der Waals surface area contributed by atoms with Gasteiger partial charge in [0.2, 0.25) is 17.7 Å². The standard InChI is InChI=1S/C33H41N7O5/c34-14-6-5-12-27(38-30(41)26-13-7-15-35-26)31(42)39-28(16-20-18-36-24-10-3-1-8-22(20)24)32(43)40-29(33(44)45)17-21-19-37-25-11-4-2-9-23(21)25/h1-4,8-11,18-19,26-29,35-37H,5-7,12-17,34H2,(H,38,41)(H,39,42)(H,40,43)(H,44,45). The number of aliphatic carboxylic acids is 1. The summed E-state index contributed by atoms with van der Waals surface area (Å²) >= 11 is 0. The molecule has 1 aliphatic heterocycles. The number of carbonyl (C=O) groups excluding carboxylic acids is 3. The van der Waals surface area contributed by atoms with E-state index >= 15 is 0 Å². The Balaban J connectivity index is 1.37. The molecule has 238 valence electrons. The quantitative estimate of drug-likeness (QED) is 0.0935. The van der Waals surface area contributed by atoms with E-state index < -0.39 is 35.9 Å². The SMILES string of the molecule is NCCCCC(NC(=O)C1CCCN1)C(=O)NC(Cc1c[nH]c2ccccc12)C(=O)NC(Cc1c[nH]c2ccccc12)C(=O)O. The maximum atomic E-state index is 13.8. The molecule has 12 nitrogen and oxygen atoms in total. The number of carboxylic acid groups (broad SMARTS) is 1. The summed E-state index contributed by atoms with van der Waals surface area (Å²) in [4.78, 5) is 59.2. The van der Waals surface area contributed by atoms with Gasteiger partial charge in [-0.05, 0) is 68.5 Å². The van der Waals surface area contributed by atoms with Gasteiger partial charge in [-0.3, -0.25) is 14.4 Å². The molecule has 2 aromatic heterocycles. The lowest BCUT2D eigenvalue weighted by atomic mass is 10.0. The number of hydrogen-bond donors (Lipinski definition) is 8. The lowest BCUT2D eigenvalue weighted by molar-refractivity contribution is -0.142. The zero-order valence-electron chi connectivity index (χ0n) is 25.1. The second-order valence-electron chi connectivity index (χ2n) is 11.6. The highest BCUT2D eigenvalue weighted by Gasteiger charge is 2.32. The number of unbranched alkanes of at least 4 members (excludes halogenated alkanes) is 1. The van der Waals surface area contributed by atoms with Gasteiger partial charge in [0.05, 0.1) is 6.04 Å². The highest BCUT2D eigenvalue weighted by Crippen LogP contribution is 2.21. The van der Waals surface area contributed by atoms with Crippen molar-refractivity contribution >= 4 is 45.5 Å². The van der Waals surface area contributed by atoms with Crippen LogP contribution < -0.4 is 27.0 Å². The fourth-order valence-corrected chi connectivity index (χ4v) is 5.94. The van der Waals surface area contributed by atoms with Crippen LogP contribution in [0.4, 0.5) is 0 Å². The molecule has 1 fully saturated rings. The van der Waals surface area contributed by atoms with Gasteiger partial charge in [-0.2, -0.15) is 0 Å². The number of rotatable bonds is 15. The Bertz CT molecular complexity index is 1640. The van der Waals surface area contributed by atoms with E-state index in [1.165, 1.54) is 0 Å². The lowest BCUT2D eigenvalue weighted by Crippen LogP contribution is -2.57. The first-order valence-corrected chi connectivity index (χ1v) is 15.5. The summed E-state index contributed by atoms with van der Waals surface area (Å²) in [5.74, 6) is -2.60. The molecular weight excluding hydrogens is 574 g/mol. The number of benzene rings is 2. The van der Waals surface area contributed by atoms with Crippen LogP contribution >= 0.6 is 0 Å². The summed E-state index contributed by atoms with van der Waals surface area (Å²) in [6.07, 6.45) is 6.86. The first-order valence-electron chi connectivity index (χ1n) is 15.5. The average molecular weight is 616 g/mol. The van der Waals surface area contributed by atoms with Crippen molar-refractivity contribution in [2.24, 2.45) is 5.73 Å². The van der Waals surface area contributed by atoms with Gasteiger partial charge < -0.3 is 42.1 Å². The molecule has 3 amide bonds. The summed E-state index contributed by atoms with van der Waals surface area (Å²) in [7, 11) is 0. The Hall–Kier alpha value is -4.68. The van der Waals surface area contributed by atoms with Gasteiger partial charge in [-0.25, -0.2) is 4.79 Å². The van der Waals surface area contributed by atoms with Crippen molar-refractivity contribution in [1.82, 2.24) is 31.2 Å². The van der Waals surface area contributed by atoms with E-state index in [0.29, 0.717) is 32.2 Å². The topological polar surface area (TPSA) is 194 Å². The number of para-hydroxylation sites is 2. The van der Waals surface area contributed by atoms with E-state index in [9.17, 15) is 24.3 Å². The normalized spacial score (nSPS) is 16.7. The molecule has 45 heavy (non-hydrogen) atoms. The molecule has 12 heteroatoms. The van der Waals surface area contributed by atoms with Crippen molar-refractivity contribution in [2.75, 3.05) is 13.1 Å². The molecule has 4 aromatic rings. The highest BCUT2D eigenvalue weighted by molar-refractivity contribution is 5.95. The van der Waals surface area contributed by atoms with Crippen LogP contribution in [0.1, 0.15) is 43.2 Å². The Morgan fingerprint density at radius 3 is 1.96 bits per heavy atom. The molecular formula is C33H41N7O5. The van der Waals surface area contributed by atoms with Gasteiger partial charge in [0, 0.05) is 47.0 Å². The van der Waals surface area contributed by atoms with Crippen molar-refractivity contribution in [1.29, 1.82) is 0 Å². The minimum Gasteiger partial charge on any atom is -0.480 e. The molecule has 9 N–H and O–H groups in total. The van der Waals surface area contributed by atoms with Gasteiger partial charge in [-0.15, -0.1) is 0 Å². The first kappa shape index (κ1) is 31.7. The van der Waals surface area contributed by atoms with Crippen LogP contribution in [-0.4, -0.2) is 76.0 Å². The van der Waals surface area contributed by atoms with Crippen LogP contribution in [0.25, 0.3) is 21.8 Å². The Morgan fingerprint density at radius 2 is 1.38 bits per heavy atom. The third-order valence-electron chi connectivity index (χ3n) is 8.40. The van der Waals surface area contributed by atoms with Crippen LogP contribution in [0.3, 0.4) is 0 Å². The molecule has 4 atom stereocenters. The number of nitrogens with two attached hydrogens (primary N) is 1. The molecule has 2 aromatic carbocycles. The predicted octanol–water partition coefficient (Wildman–Crippen LogP) is 1.85. The summed E-state index contributed by atoms with van der Waals surface area (Å²) in [5.41, 5.74) is 8.95. The van der Waals surface area contributed by atoms with E-state index in [2.05, 4.69) is 31.2 Å². The van der Waals surface area contributed by atoms with Gasteiger partial charge in [0.1, 0.15) is 18.1 Å². The number of aromatic amines is 2. The number of fused-ring (bicyclic) bond motifs is 2. The van der Waals surface area contributed by atoms with Crippen LogP contribution in [0.2, 0.25) is 0 Å². The maximum Gasteiger partial charge on any atom is 0.326 e. The zero-order valence-corrected chi connectivity index (χ0v) is 25.1. The third-order valence-corrected chi connectivity index (χ3v) is 8.40. The second kappa shape index (κ2) is 14.9. The zero-order chi connectivity index (χ0) is 31.8. The summed E-state index contributed by atoms with van der Waals surface area (Å²) in [5, 5.41) is 23.4. The molecule has 1 aliphatic rings. The van der Waals surface area contributed by atoms with Crippen LogP contribution in [0, 0.1) is 0 Å². The first-order chi connectivity index (χ1) is 21.8. The third kappa shape index (κ3) is 7.89. The Labute approximate surface area is 260 Å². The molecule has 4 unspecified atom stereocenters. The molecule has 5 rings (SSSR count). The van der Waals surface area contributed by atoms with E-state index in [-0.39, 0.29) is 24.8 Å². The van der Waals surface area contributed by atoms with Gasteiger partial charge in [-0.1, -0.05) is 36.4 Å².